The molecule has 0 saturated carbocycles. The minimum atomic E-state index is -1.12. The number of rotatable bonds is 1. The Balaban J connectivity index is 4.86. The third-order valence-corrected chi connectivity index (χ3v) is 3.58. The first kappa shape index (κ1) is 12.9. The Bertz CT molecular complexity index is 167. The van der Waals surface area contributed by atoms with Crippen molar-refractivity contribution in [3.05, 3.63) is 0 Å². The highest BCUT2D eigenvalue weighted by Gasteiger charge is 2.46. The fourth-order valence-electron chi connectivity index (χ4n) is 1.46. The number of hydrogen-bond donors (Lipinski definition) is 0. The van der Waals surface area contributed by atoms with Crippen molar-refractivity contribution in [2.75, 3.05) is 0 Å². The van der Waals surface area contributed by atoms with E-state index in [1.54, 1.807) is 6.92 Å². The molecular weight excluding hydrogens is 163 g/mol. The van der Waals surface area contributed by atoms with Crippen molar-refractivity contribution in [2.45, 2.75) is 61.1 Å². The fourth-order valence-corrected chi connectivity index (χ4v) is 1.46. The van der Waals surface area contributed by atoms with E-state index in [9.17, 15) is 4.39 Å². The standard InChI is InChI=1S/C12H25F/c1-9(10(2,3)4)12(8,13)11(5,6)7/h9H,1-8H3. The molecule has 0 aliphatic heterocycles. The highest BCUT2D eigenvalue weighted by molar-refractivity contribution is 4.95. The van der Waals surface area contributed by atoms with E-state index in [-0.39, 0.29) is 16.7 Å². The van der Waals surface area contributed by atoms with Crippen molar-refractivity contribution in [1.29, 1.82) is 0 Å². The Hall–Kier alpha value is -0.0700. The second-order valence-corrected chi connectivity index (χ2v) is 6.41. The van der Waals surface area contributed by atoms with Gasteiger partial charge in [0.15, 0.2) is 0 Å². The first-order chi connectivity index (χ1) is 5.40. The molecule has 0 aromatic rings. The van der Waals surface area contributed by atoms with Gasteiger partial charge in [0.25, 0.3) is 0 Å². The molecule has 2 unspecified atom stereocenters. The van der Waals surface area contributed by atoms with Crippen molar-refractivity contribution < 1.29 is 4.39 Å². The Labute approximate surface area is 82.9 Å². The van der Waals surface area contributed by atoms with Crippen LogP contribution in [0.1, 0.15) is 55.4 Å². The van der Waals surface area contributed by atoms with Gasteiger partial charge >= 0.3 is 0 Å². The van der Waals surface area contributed by atoms with Crippen LogP contribution in [-0.4, -0.2) is 5.67 Å². The van der Waals surface area contributed by atoms with Gasteiger partial charge in [0, 0.05) is 0 Å². The SMILES string of the molecule is CC(C(C)(C)C)C(C)(F)C(C)(C)C. The van der Waals surface area contributed by atoms with Crippen LogP contribution in [0.3, 0.4) is 0 Å². The van der Waals surface area contributed by atoms with Gasteiger partial charge in [0.05, 0.1) is 0 Å². The maximum Gasteiger partial charge on any atom is 0.116 e. The molecule has 0 bridgehead atoms. The van der Waals surface area contributed by atoms with Crippen LogP contribution < -0.4 is 0 Å². The van der Waals surface area contributed by atoms with Gasteiger partial charge in [-0.25, -0.2) is 4.39 Å². The normalized spacial score (nSPS) is 21.0. The van der Waals surface area contributed by atoms with E-state index in [1.807, 2.05) is 27.7 Å². The van der Waals surface area contributed by atoms with E-state index in [2.05, 4.69) is 20.8 Å². The minimum Gasteiger partial charge on any atom is -0.243 e. The predicted octanol–water partition coefficient (Wildman–Crippen LogP) is 4.44. The molecule has 0 aliphatic carbocycles. The molecule has 0 radical (unpaired) electrons. The summed E-state index contributed by atoms with van der Waals surface area (Å²) < 4.78 is 14.5. The Morgan fingerprint density at radius 2 is 1.15 bits per heavy atom. The molecule has 80 valence electrons. The summed E-state index contributed by atoms with van der Waals surface area (Å²) in [6, 6.07) is 0. The minimum absolute atomic E-state index is 0.0246. The zero-order valence-electron chi connectivity index (χ0n) is 10.5. The summed E-state index contributed by atoms with van der Waals surface area (Å²) in [7, 11) is 0. The number of hydrogen-bond acceptors (Lipinski definition) is 0. The van der Waals surface area contributed by atoms with Gasteiger partial charge in [-0.3, -0.25) is 0 Å². The topological polar surface area (TPSA) is 0 Å². The maximum absolute atomic E-state index is 14.5. The Morgan fingerprint density at radius 1 is 0.846 bits per heavy atom. The van der Waals surface area contributed by atoms with E-state index >= 15 is 0 Å². The van der Waals surface area contributed by atoms with Crippen molar-refractivity contribution in [3.8, 4) is 0 Å². The van der Waals surface area contributed by atoms with Gasteiger partial charge in [0.1, 0.15) is 5.67 Å². The third kappa shape index (κ3) is 2.69. The summed E-state index contributed by atoms with van der Waals surface area (Å²) in [6.07, 6.45) is 0. The monoisotopic (exact) mass is 188 g/mol. The van der Waals surface area contributed by atoms with Crippen LogP contribution in [-0.2, 0) is 0 Å². The predicted molar refractivity (Wildman–Crippen MR) is 57.6 cm³/mol. The van der Waals surface area contributed by atoms with Gasteiger partial charge in [-0.05, 0) is 23.7 Å². The average Bonchev–Trinajstić information content (AvgIpc) is 1.81. The van der Waals surface area contributed by atoms with Gasteiger partial charge in [0.2, 0.25) is 0 Å². The van der Waals surface area contributed by atoms with Gasteiger partial charge in [-0.15, -0.1) is 0 Å². The van der Waals surface area contributed by atoms with Crippen LogP contribution in [0.4, 0.5) is 4.39 Å². The molecular formula is C12H25F. The maximum atomic E-state index is 14.5. The molecule has 2 atom stereocenters. The van der Waals surface area contributed by atoms with Crippen molar-refractivity contribution in [2.24, 2.45) is 16.7 Å². The van der Waals surface area contributed by atoms with Gasteiger partial charge in [-0.2, -0.15) is 0 Å². The molecule has 0 nitrogen and oxygen atoms in total. The van der Waals surface area contributed by atoms with E-state index < -0.39 is 5.67 Å². The lowest BCUT2D eigenvalue weighted by Crippen LogP contribution is -2.46. The lowest BCUT2D eigenvalue weighted by atomic mass is 9.64. The van der Waals surface area contributed by atoms with Crippen LogP contribution in [0.15, 0.2) is 0 Å². The lowest BCUT2D eigenvalue weighted by molar-refractivity contribution is -0.0467. The van der Waals surface area contributed by atoms with Crippen molar-refractivity contribution in [3.63, 3.8) is 0 Å². The molecule has 13 heavy (non-hydrogen) atoms. The van der Waals surface area contributed by atoms with Crippen molar-refractivity contribution >= 4 is 0 Å². The zero-order valence-corrected chi connectivity index (χ0v) is 10.5. The van der Waals surface area contributed by atoms with Crippen LogP contribution in [0.2, 0.25) is 0 Å². The first-order valence-corrected chi connectivity index (χ1v) is 5.09. The fraction of sp³-hybridized carbons (Fsp3) is 1.00. The van der Waals surface area contributed by atoms with Gasteiger partial charge in [-0.1, -0.05) is 48.5 Å². The summed E-state index contributed by atoms with van der Waals surface area (Å²) in [5.74, 6) is 0.0556. The Morgan fingerprint density at radius 3 is 1.23 bits per heavy atom. The molecule has 0 rings (SSSR count). The summed E-state index contributed by atoms with van der Waals surface area (Å²) in [6.45, 7) is 15.9. The van der Waals surface area contributed by atoms with Crippen LogP contribution in [0, 0.1) is 16.7 Å². The van der Waals surface area contributed by atoms with Gasteiger partial charge < -0.3 is 0 Å². The summed E-state index contributed by atoms with van der Waals surface area (Å²) in [5.41, 5.74) is -1.39. The molecule has 0 heterocycles. The lowest BCUT2D eigenvalue weighted by Gasteiger charge is -2.45. The number of halogens is 1. The Kier molecular flexibility index (Phi) is 3.24. The highest BCUT2D eigenvalue weighted by atomic mass is 19.1. The third-order valence-electron chi connectivity index (χ3n) is 3.58. The summed E-state index contributed by atoms with van der Waals surface area (Å²) >= 11 is 0. The highest BCUT2D eigenvalue weighted by Crippen LogP contribution is 2.46. The molecule has 0 spiro atoms. The summed E-state index contributed by atoms with van der Waals surface area (Å²) in [5, 5.41) is 0. The molecule has 1 heteroatoms. The van der Waals surface area contributed by atoms with E-state index in [4.69, 9.17) is 0 Å². The van der Waals surface area contributed by atoms with E-state index in [0.717, 1.165) is 0 Å². The molecule has 0 amide bonds. The van der Waals surface area contributed by atoms with Crippen LogP contribution in [0.5, 0.6) is 0 Å². The van der Waals surface area contributed by atoms with Crippen LogP contribution in [0.25, 0.3) is 0 Å². The average molecular weight is 188 g/mol. The van der Waals surface area contributed by atoms with Crippen LogP contribution >= 0.6 is 0 Å². The number of alkyl halides is 1. The molecule has 0 fully saturated rings. The van der Waals surface area contributed by atoms with E-state index in [1.165, 1.54) is 0 Å². The molecule has 0 N–H and O–H groups in total. The molecule has 0 aliphatic rings. The second kappa shape index (κ2) is 3.25. The quantitative estimate of drug-likeness (QED) is 0.570. The largest absolute Gasteiger partial charge is 0.243 e. The molecule has 0 saturated heterocycles. The first-order valence-electron chi connectivity index (χ1n) is 5.09. The molecule has 0 aromatic heterocycles. The second-order valence-electron chi connectivity index (χ2n) is 6.41. The van der Waals surface area contributed by atoms with E-state index in [0.29, 0.717) is 0 Å². The summed E-state index contributed by atoms with van der Waals surface area (Å²) in [4.78, 5) is 0. The van der Waals surface area contributed by atoms with Crippen molar-refractivity contribution in [1.82, 2.24) is 0 Å². The smallest absolute Gasteiger partial charge is 0.116 e. The molecule has 0 aromatic carbocycles. The zero-order chi connectivity index (χ0) is 11.1.